The normalized spacial score (nSPS) is 11.5. The molecule has 1 rings (SSSR count). The Morgan fingerprint density at radius 1 is 1.47 bits per heavy atom. The number of allylic oxidation sites excluding steroid dienone is 1. The van der Waals surface area contributed by atoms with Crippen LogP contribution in [-0.4, -0.2) is 18.6 Å². The molecule has 0 aliphatic heterocycles. The summed E-state index contributed by atoms with van der Waals surface area (Å²) in [5.41, 5.74) is 0.497. The third-order valence-corrected chi connectivity index (χ3v) is 2.33. The van der Waals surface area contributed by atoms with Crippen LogP contribution in [0.3, 0.4) is 0 Å². The van der Waals surface area contributed by atoms with Crippen LogP contribution in [0.5, 0.6) is 11.5 Å². The van der Waals surface area contributed by atoms with Crippen molar-refractivity contribution in [2.24, 2.45) is 0 Å². The smallest absolute Gasteiger partial charge is 0.387 e. The predicted molar refractivity (Wildman–Crippen MR) is 64.9 cm³/mol. The van der Waals surface area contributed by atoms with Gasteiger partial charge in [-0.2, -0.15) is 8.78 Å². The maximum absolute atomic E-state index is 12.1. The highest BCUT2D eigenvalue weighted by Gasteiger charge is 2.12. The average Bonchev–Trinajstić information content (AvgIpc) is 2.36. The molecule has 7 heteroatoms. The average molecular weight is 273 g/mol. The van der Waals surface area contributed by atoms with Gasteiger partial charge in [-0.1, -0.05) is 13.0 Å². The van der Waals surface area contributed by atoms with E-state index in [2.05, 4.69) is 4.74 Å². The minimum atomic E-state index is -2.96. The Hall–Kier alpha value is -2.18. The molecule has 0 bridgehead atoms. The largest absolute Gasteiger partial charge is 0.493 e. The molecule has 1 aromatic carbocycles. The number of hydrogen-bond acceptors (Lipinski definition) is 4. The Bertz CT molecular complexity index is 489. The molecular weight excluding hydrogens is 260 g/mol. The Kier molecular flexibility index (Phi) is 5.23. The standard InChI is InChI=1S/C12H13F2NO4/c1-3-9(15(16)17)6-8-4-5-10(19-12(13)14)11(7-8)18-2/h4-7,12H,3H2,1-2H3/b9-6+. The summed E-state index contributed by atoms with van der Waals surface area (Å²) in [4.78, 5) is 10.2. The molecule has 0 aliphatic carbocycles. The summed E-state index contributed by atoms with van der Waals surface area (Å²) in [5.74, 6) is -0.0262. The molecule has 0 saturated heterocycles. The second-order valence-corrected chi connectivity index (χ2v) is 3.54. The number of halogens is 2. The first-order valence-corrected chi connectivity index (χ1v) is 5.45. The Balaban J connectivity index is 3.09. The van der Waals surface area contributed by atoms with E-state index in [1.165, 1.54) is 31.4 Å². The fraction of sp³-hybridized carbons (Fsp3) is 0.333. The molecule has 0 aliphatic rings. The third-order valence-electron chi connectivity index (χ3n) is 2.33. The second kappa shape index (κ2) is 6.67. The molecule has 5 nitrogen and oxygen atoms in total. The molecule has 0 spiro atoms. The molecule has 0 saturated carbocycles. The van der Waals surface area contributed by atoms with Crippen molar-refractivity contribution < 1.29 is 23.2 Å². The minimum absolute atomic E-state index is 0.0181. The highest BCUT2D eigenvalue weighted by Crippen LogP contribution is 2.30. The quantitative estimate of drug-likeness (QED) is 0.589. The van der Waals surface area contributed by atoms with Gasteiger partial charge in [-0.25, -0.2) is 0 Å². The van der Waals surface area contributed by atoms with Crippen molar-refractivity contribution in [3.8, 4) is 11.5 Å². The lowest BCUT2D eigenvalue weighted by atomic mass is 10.1. The number of benzene rings is 1. The number of rotatable bonds is 6. The SMILES string of the molecule is CC/C(=C\c1ccc(OC(F)F)c(OC)c1)[N+](=O)[O-]. The van der Waals surface area contributed by atoms with Crippen LogP contribution in [0, 0.1) is 10.1 Å². The number of ether oxygens (including phenoxy) is 2. The van der Waals surface area contributed by atoms with Crippen LogP contribution in [0.15, 0.2) is 23.9 Å². The van der Waals surface area contributed by atoms with Crippen LogP contribution >= 0.6 is 0 Å². The summed E-state index contributed by atoms with van der Waals surface area (Å²) in [6.07, 6.45) is 1.61. The third kappa shape index (κ3) is 4.20. The van der Waals surface area contributed by atoms with E-state index in [-0.39, 0.29) is 23.6 Å². The highest BCUT2D eigenvalue weighted by atomic mass is 19.3. The molecule has 0 fully saturated rings. The number of methoxy groups -OCH3 is 1. The topological polar surface area (TPSA) is 61.6 Å². The van der Waals surface area contributed by atoms with Crippen LogP contribution < -0.4 is 9.47 Å². The first-order valence-electron chi connectivity index (χ1n) is 5.45. The van der Waals surface area contributed by atoms with Gasteiger partial charge in [0, 0.05) is 12.5 Å². The van der Waals surface area contributed by atoms with Crippen molar-refractivity contribution in [1.29, 1.82) is 0 Å². The lowest BCUT2D eigenvalue weighted by Gasteiger charge is -2.10. The van der Waals surface area contributed by atoms with Gasteiger partial charge in [0.1, 0.15) is 0 Å². The number of hydrogen-bond donors (Lipinski definition) is 0. The summed E-state index contributed by atoms with van der Waals surface area (Å²) in [5, 5.41) is 10.7. The summed E-state index contributed by atoms with van der Waals surface area (Å²) in [7, 11) is 1.30. The van der Waals surface area contributed by atoms with Crippen molar-refractivity contribution in [3.05, 3.63) is 39.6 Å². The summed E-state index contributed by atoms with van der Waals surface area (Å²) >= 11 is 0. The van der Waals surface area contributed by atoms with Gasteiger partial charge in [0.15, 0.2) is 11.5 Å². The predicted octanol–water partition coefficient (Wildman–Crippen LogP) is 3.32. The summed E-state index contributed by atoms with van der Waals surface area (Å²) < 4.78 is 33.4. The fourth-order valence-corrected chi connectivity index (χ4v) is 1.44. The Labute approximate surface area is 108 Å². The zero-order valence-electron chi connectivity index (χ0n) is 10.4. The molecule has 0 atom stereocenters. The van der Waals surface area contributed by atoms with E-state index in [4.69, 9.17) is 4.74 Å². The molecule has 0 radical (unpaired) electrons. The van der Waals surface area contributed by atoms with Crippen molar-refractivity contribution in [1.82, 2.24) is 0 Å². The van der Waals surface area contributed by atoms with Gasteiger partial charge in [-0.3, -0.25) is 10.1 Å². The first kappa shape index (κ1) is 14.9. The maximum Gasteiger partial charge on any atom is 0.387 e. The van der Waals surface area contributed by atoms with Gasteiger partial charge in [-0.05, 0) is 17.7 Å². The first-order chi connectivity index (χ1) is 8.97. The van der Waals surface area contributed by atoms with Gasteiger partial charge < -0.3 is 9.47 Å². The number of alkyl halides is 2. The van der Waals surface area contributed by atoms with E-state index in [0.29, 0.717) is 5.56 Å². The molecule has 1 aromatic rings. The van der Waals surface area contributed by atoms with E-state index in [0.717, 1.165) is 0 Å². The van der Waals surface area contributed by atoms with E-state index in [9.17, 15) is 18.9 Å². The molecule has 0 amide bonds. The maximum atomic E-state index is 12.1. The van der Waals surface area contributed by atoms with E-state index < -0.39 is 11.5 Å². The van der Waals surface area contributed by atoms with Crippen molar-refractivity contribution in [2.75, 3.05) is 7.11 Å². The van der Waals surface area contributed by atoms with Gasteiger partial charge in [-0.15, -0.1) is 0 Å². The Morgan fingerprint density at radius 2 is 2.16 bits per heavy atom. The van der Waals surface area contributed by atoms with Crippen molar-refractivity contribution in [3.63, 3.8) is 0 Å². The molecule has 0 N–H and O–H groups in total. The van der Waals surface area contributed by atoms with Crippen LogP contribution in [0.2, 0.25) is 0 Å². The Morgan fingerprint density at radius 3 is 2.63 bits per heavy atom. The zero-order valence-corrected chi connectivity index (χ0v) is 10.4. The van der Waals surface area contributed by atoms with Crippen LogP contribution in [0.25, 0.3) is 6.08 Å². The van der Waals surface area contributed by atoms with Crippen molar-refractivity contribution in [2.45, 2.75) is 20.0 Å². The molecule has 0 aromatic heterocycles. The molecule has 104 valence electrons. The monoisotopic (exact) mass is 273 g/mol. The van der Waals surface area contributed by atoms with Gasteiger partial charge in [0.05, 0.1) is 12.0 Å². The van der Waals surface area contributed by atoms with Crippen LogP contribution in [0.4, 0.5) is 8.78 Å². The zero-order chi connectivity index (χ0) is 14.4. The van der Waals surface area contributed by atoms with E-state index in [1.54, 1.807) is 6.92 Å². The summed E-state index contributed by atoms with van der Waals surface area (Å²) in [6, 6.07) is 4.13. The lowest BCUT2D eigenvalue weighted by molar-refractivity contribution is -0.425. The number of nitrogens with zero attached hydrogens (tertiary/aromatic N) is 1. The minimum Gasteiger partial charge on any atom is -0.493 e. The fourth-order valence-electron chi connectivity index (χ4n) is 1.44. The molecule has 19 heavy (non-hydrogen) atoms. The van der Waals surface area contributed by atoms with E-state index in [1.807, 2.05) is 0 Å². The van der Waals surface area contributed by atoms with Crippen molar-refractivity contribution >= 4 is 6.08 Å². The van der Waals surface area contributed by atoms with Crippen LogP contribution in [-0.2, 0) is 0 Å². The van der Waals surface area contributed by atoms with Gasteiger partial charge in [0.25, 0.3) is 0 Å². The molecular formula is C12H13F2NO4. The van der Waals surface area contributed by atoms with Gasteiger partial charge in [0.2, 0.25) is 5.70 Å². The van der Waals surface area contributed by atoms with Gasteiger partial charge >= 0.3 is 6.61 Å². The molecule has 0 heterocycles. The summed E-state index contributed by atoms with van der Waals surface area (Å²) in [6.45, 7) is -1.31. The second-order valence-electron chi connectivity index (χ2n) is 3.54. The van der Waals surface area contributed by atoms with Crippen LogP contribution in [0.1, 0.15) is 18.9 Å². The lowest BCUT2D eigenvalue weighted by Crippen LogP contribution is -2.03. The molecule has 0 unspecified atom stereocenters. The highest BCUT2D eigenvalue weighted by molar-refractivity contribution is 5.57. The number of nitro groups is 1. The van der Waals surface area contributed by atoms with E-state index >= 15 is 0 Å².